The summed E-state index contributed by atoms with van der Waals surface area (Å²) in [6, 6.07) is 6.46. The molecule has 3 nitrogen and oxygen atoms in total. The second kappa shape index (κ2) is 8.35. The van der Waals surface area contributed by atoms with E-state index in [4.69, 9.17) is 9.47 Å². The zero-order valence-electron chi connectivity index (χ0n) is 12.9. The molecular formula is C16H26FNO2. The van der Waals surface area contributed by atoms with Crippen LogP contribution in [0.15, 0.2) is 24.3 Å². The molecule has 0 saturated carbocycles. The lowest BCUT2D eigenvalue weighted by Gasteiger charge is -2.26. The first kappa shape index (κ1) is 17.1. The molecule has 0 bridgehead atoms. The SMILES string of the molecule is CCOCCOC(CNC(C)(C)C)c1ccc(F)cc1. The highest BCUT2D eigenvalue weighted by Crippen LogP contribution is 2.18. The standard InChI is InChI=1S/C16H26FNO2/c1-5-19-10-11-20-15(12-18-16(2,3)4)13-6-8-14(17)9-7-13/h6-9,15,18H,5,10-12H2,1-4H3. The Morgan fingerprint density at radius 3 is 2.35 bits per heavy atom. The van der Waals surface area contributed by atoms with Crippen molar-refractivity contribution >= 4 is 0 Å². The smallest absolute Gasteiger partial charge is 0.123 e. The lowest BCUT2D eigenvalue weighted by atomic mass is 10.1. The monoisotopic (exact) mass is 283 g/mol. The Balaban J connectivity index is 2.60. The quantitative estimate of drug-likeness (QED) is 0.743. The second-order valence-corrected chi connectivity index (χ2v) is 5.74. The van der Waals surface area contributed by atoms with Crippen LogP contribution in [0.2, 0.25) is 0 Å². The van der Waals surface area contributed by atoms with Gasteiger partial charge in [-0.05, 0) is 45.4 Å². The van der Waals surface area contributed by atoms with Gasteiger partial charge < -0.3 is 14.8 Å². The number of benzene rings is 1. The Labute approximate surface area is 121 Å². The van der Waals surface area contributed by atoms with E-state index in [1.54, 1.807) is 12.1 Å². The number of halogens is 1. The van der Waals surface area contributed by atoms with Crippen LogP contribution in [0, 0.1) is 5.82 Å². The molecule has 0 spiro atoms. The number of ether oxygens (including phenoxy) is 2. The van der Waals surface area contributed by atoms with E-state index < -0.39 is 0 Å². The fourth-order valence-corrected chi connectivity index (χ4v) is 1.74. The van der Waals surface area contributed by atoms with Crippen LogP contribution in [-0.2, 0) is 9.47 Å². The van der Waals surface area contributed by atoms with Crippen molar-refractivity contribution in [2.75, 3.05) is 26.4 Å². The van der Waals surface area contributed by atoms with Crippen LogP contribution in [0.4, 0.5) is 4.39 Å². The van der Waals surface area contributed by atoms with Gasteiger partial charge in [0.25, 0.3) is 0 Å². The van der Waals surface area contributed by atoms with E-state index in [0.717, 1.165) is 5.56 Å². The fraction of sp³-hybridized carbons (Fsp3) is 0.625. The van der Waals surface area contributed by atoms with Gasteiger partial charge in [-0.3, -0.25) is 0 Å². The van der Waals surface area contributed by atoms with Crippen molar-refractivity contribution < 1.29 is 13.9 Å². The summed E-state index contributed by atoms with van der Waals surface area (Å²) >= 11 is 0. The van der Waals surface area contributed by atoms with Crippen molar-refractivity contribution in [1.82, 2.24) is 5.32 Å². The number of hydrogen-bond acceptors (Lipinski definition) is 3. The summed E-state index contributed by atoms with van der Waals surface area (Å²) in [7, 11) is 0. The minimum absolute atomic E-state index is 0.0154. The van der Waals surface area contributed by atoms with Crippen LogP contribution in [0.25, 0.3) is 0 Å². The molecule has 1 atom stereocenters. The molecule has 0 heterocycles. The van der Waals surface area contributed by atoms with Gasteiger partial charge >= 0.3 is 0 Å². The largest absolute Gasteiger partial charge is 0.379 e. The van der Waals surface area contributed by atoms with Gasteiger partial charge in [0.2, 0.25) is 0 Å². The normalized spacial score (nSPS) is 13.4. The van der Waals surface area contributed by atoms with Gasteiger partial charge in [0.15, 0.2) is 0 Å². The zero-order chi connectivity index (χ0) is 15.0. The van der Waals surface area contributed by atoms with E-state index in [1.807, 2.05) is 6.92 Å². The third-order valence-corrected chi connectivity index (χ3v) is 2.81. The lowest BCUT2D eigenvalue weighted by Crippen LogP contribution is -2.39. The van der Waals surface area contributed by atoms with E-state index in [9.17, 15) is 4.39 Å². The highest BCUT2D eigenvalue weighted by molar-refractivity contribution is 5.19. The van der Waals surface area contributed by atoms with Crippen LogP contribution in [0.5, 0.6) is 0 Å². The molecule has 114 valence electrons. The molecule has 0 aliphatic heterocycles. The molecule has 4 heteroatoms. The molecule has 1 unspecified atom stereocenters. The summed E-state index contributed by atoms with van der Waals surface area (Å²) in [5.74, 6) is -0.231. The summed E-state index contributed by atoms with van der Waals surface area (Å²) in [5, 5.41) is 3.42. The van der Waals surface area contributed by atoms with Crippen molar-refractivity contribution in [3.63, 3.8) is 0 Å². The van der Waals surface area contributed by atoms with Gasteiger partial charge in [0.05, 0.1) is 19.3 Å². The molecule has 20 heavy (non-hydrogen) atoms. The van der Waals surface area contributed by atoms with Gasteiger partial charge in [-0.15, -0.1) is 0 Å². The Morgan fingerprint density at radius 1 is 1.15 bits per heavy atom. The predicted molar refractivity (Wildman–Crippen MR) is 79.3 cm³/mol. The minimum atomic E-state index is -0.231. The van der Waals surface area contributed by atoms with Crippen molar-refractivity contribution in [1.29, 1.82) is 0 Å². The maximum atomic E-state index is 13.0. The number of rotatable bonds is 8. The topological polar surface area (TPSA) is 30.5 Å². The highest BCUT2D eigenvalue weighted by Gasteiger charge is 2.16. The second-order valence-electron chi connectivity index (χ2n) is 5.74. The van der Waals surface area contributed by atoms with Crippen molar-refractivity contribution in [3.8, 4) is 0 Å². The van der Waals surface area contributed by atoms with Crippen molar-refractivity contribution in [3.05, 3.63) is 35.6 Å². The van der Waals surface area contributed by atoms with Gasteiger partial charge in [-0.1, -0.05) is 12.1 Å². The average molecular weight is 283 g/mol. The molecule has 1 aromatic carbocycles. The van der Waals surface area contributed by atoms with E-state index in [2.05, 4.69) is 26.1 Å². The van der Waals surface area contributed by atoms with Crippen molar-refractivity contribution in [2.24, 2.45) is 0 Å². The van der Waals surface area contributed by atoms with Crippen LogP contribution < -0.4 is 5.32 Å². The zero-order valence-corrected chi connectivity index (χ0v) is 12.9. The van der Waals surface area contributed by atoms with Crippen molar-refractivity contribution in [2.45, 2.75) is 39.3 Å². The van der Waals surface area contributed by atoms with Gasteiger partial charge in [-0.2, -0.15) is 0 Å². The summed E-state index contributed by atoms with van der Waals surface area (Å²) in [5.41, 5.74) is 0.987. The maximum absolute atomic E-state index is 13.0. The molecule has 1 N–H and O–H groups in total. The Morgan fingerprint density at radius 2 is 1.80 bits per heavy atom. The molecule has 0 radical (unpaired) electrons. The first-order valence-corrected chi connectivity index (χ1v) is 7.12. The molecule has 0 aromatic heterocycles. The molecule has 0 fully saturated rings. The van der Waals surface area contributed by atoms with Crippen LogP contribution in [0.3, 0.4) is 0 Å². The first-order chi connectivity index (χ1) is 9.42. The lowest BCUT2D eigenvalue weighted by molar-refractivity contribution is 0.00456. The molecule has 1 rings (SSSR count). The Kier molecular flexibility index (Phi) is 7.13. The van der Waals surface area contributed by atoms with Gasteiger partial charge in [0, 0.05) is 18.7 Å². The van der Waals surface area contributed by atoms with Crippen LogP contribution in [0.1, 0.15) is 39.4 Å². The summed E-state index contributed by atoms with van der Waals surface area (Å²) in [4.78, 5) is 0. The Hall–Kier alpha value is -0.970. The minimum Gasteiger partial charge on any atom is -0.379 e. The van der Waals surface area contributed by atoms with Crippen LogP contribution >= 0.6 is 0 Å². The number of hydrogen-bond donors (Lipinski definition) is 1. The predicted octanol–water partition coefficient (Wildman–Crippen LogP) is 3.31. The average Bonchev–Trinajstić information content (AvgIpc) is 2.38. The maximum Gasteiger partial charge on any atom is 0.123 e. The van der Waals surface area contributed by atoms with Gasteiger partial charge in [-0.25, -0.2) is 4.39 Å². The molecular weight excluding hydrogens is 257 g/mol. The molecule has 0 aliphatic carbocycles. The summed E-state index contributed by atoms with van der Waals surface area (Å²) in [6.45, 7) is 10.7. The number of nitrogens with one attached hydrogen (secondary N) is 1. The van der Waals surface area contributed by atoms with E-state index >= 15 is 0 Å². The highest BCUT2D eigenvalue weighted by atomic mass is 19.1. The molecule has 0 amide bonds. The molecule has 1 aromatic rings. The Bertz CT molecular complexity index is 373. The van der Waals surface area contributed by atoms with Gasteiger partial charge in [0.1, 0.15) is 5.82 Å². The fourth-order valence-electron chi connectivity index (χ4n) is 1.74. The first-order valence-electron chi connectivity index (χ1n) is 7.12. The molecule has 0 aliphatic rings. The summed E-state index contributed by atoms with van der Waals surface area (Å²) < 4.78 is 24.1. The van der Waals surface area contributed by atoms with E-state index in [0.29, 0.717) is 26.4 Å². The van der Waals surface area contributed by atoms with E-state index in [-0.39, 0.29) is 17.5 Å². The third kappa shape index (κ3) is 6.98. The molecule has 0 saturated heterocycles. The van der Waals surface area contributed by atoms with E-state index in [1.165, 1.54) is 12.1 Å². The third-order valence-electron chi connectivity index (χ3n) is 2.81. The summed E-state index contributed by atoms with van der Waals surface area (Å²) in [6.07, 6.45) is -0.102. The van der Waals surface area contributed by atoms with Crippen LogP contribution in [-0.4, -0.2) is 31.9 Å².